The van der Waals surface area contributed by atoms with Crippen LogP contribution in [-0.2, 0) is 14.3 Å². The van der Waals surface area contributed by atoms with Crippen molar-refractivity contribution in [2.75, 3.05) is 47.0 Å². The Morgan fingerprint density at radius 2 is 2.24 bits per heavy atom. The lowest BCUT2D eigenvalue weighted by molar-refractivity contribution is -0.146. The number of hydrogen-bond donors (Lipinski definition) is 2. The summed E-state index contributed by atoms with van der Waals surface area (Å²) in [6.07, 6.45) is -0.657. The smallest absolute Gasteiger partial charge is 0.248 e. The van der Waals surface area contributed by atoms with Gasteiger partial charge in [-0.25, -0.2) is 0 Å². The van der Waals surface area contributed by atoms with Crippen molar-refractivity contribution < 1.29 is 19.4 Å². The van der Waals surface area contributed by atoms with Gasteiger partial charge in [0.1, 0.15) is 6.61 Å². The summed E-state index contributed by atoms with van der Waals surface area (Å²) in [5.41, 5.74) is -0.221. The van der Waals surface area contributed by atoms with Crippen molar-refractivity contribution in [2.45, 2.75) is 18.6 Å². The van der Waals surface area contributed by atoms with Crippen LogP contribution < -0.4 is 5.32 Å². The van der Waals surface area contributed by atoms with Gasteiger partial charge in [0, 0.05) is 33.8 Å². The molecule has 100 valence electrons. The Hall–Kier alpha value is -0.690. The molecule has 2 N–H and O–H groups in total. The number of hydrogen-bond acceptors (Lipinski definition) is 5. The molecule has 1 rings (SSSR count). The third-order valence-corrected chi connectivity index (χ3v) is 2.81. The number of carbonyl (C=O) groups is 1. The van der Waals surface area contributed by atoms with Crippen LogP contribution in [0.4, 0.5) is 0 Å². The van der Waals surface area contributed by atoms with Gasteiger partial charge in [0.15, 0.2) is 0 Å². The van der Waals surface area contributed by atoms with Gasteiger partial charge in [-0.1, -0.05) is 0 Å². The maximum Gasteiger partial charge on any atom is 0.248 e. The van der Waals surface area contributed by atoms with Gasteiger partial charge in [-0.15, -0.1) is 0 Å². The zero-order valence-corrected chi connectivity index (χ0v) is 10.7. The monoisotopic (exact) mass is 246 g/mol. The highest BCUT2D eigenvalue weighted by atomic mass is 16.5. The molecule has 1 heterocycles. The fourth-order valence-electron chi connectivity index (χ4n) is 1.59. The van der Waals surface area contributed by atoms with Gasteiger partial charge in [0.2, 0.25) is 5.91 Å². The van der Waals surface area contributed by atoms with Crippen LogP contribution in [0.5, 0.6) is 0 Å². The van der Waals surface area contributed by atoms with Gasteiger partial charge in [-0.3, -0.25) is 4.79 Å². The number of aliphatic hydroxyl groups is 1. The summed E-state index contributed by atoms with van der Waals surface area (Å²) in [6.45, 7) is 4.04. The molecule has 0 saturated carbocycles. The zero-order valence-electron chi connectivity index (χ0n) is 10.7. The van der Waals surface area contributed by atoms with E-state index in [1.165, 1.54) is 12.0 Å². The average Bonchev–Trinajstić information content (AvgIpc) is 2.23. The first-order valence-corrected chi connectivity index (χ1v) is 5.72. The van der Waals surface area contributed by atoms with Crippen molar-refractivity contribution in [3.8, 4) is 0 Å². The molecule has 0 aliphatic carbocycles. The lowest BCUT2D eigenvalue weighted by Crippen LogP contribution is -2.59. The molecule has 0 aromatic heterocycles. The van der Waals surface area contributed by atoms with Gasteiger partial charge in [0.05, 0.1) is 18.3 Å². The van der Waals surface area contributed by atoms with Crippen molar-refractivity contribution in [1.29, 1.82) is 0 Å². The second-order valence-corrected chi connectivity index (χ2v) is 4.73. The van der Waals surface area contributed by atoms with E-state index in [2.05, 4.69) is 5.32 Å². The highest BCUT2D eigenvalue weighted by Gasteiger charge is 2.33. The fourth-order valence-corrected chi connectivity index (χ4v) is 1.59. The molecule has 17 heavy (non-hydrogen) atoms. The van der Waals surface area contributed by atoms with E-state index in [1.54, 1.807) is 7.05 Å². The molecule has 0 bridgehead atoms. The summed E-state index contributed by atoms with van der Waals surface area (Å²) in [5, 5.41) is 12.6. The Balaban J connectivity index is 2.21. The number of amides is 1. The maximum absolute atomic E-state index is 11.7. The quantitative estimate of drug-likeness (QED) is 0.592. The van der Waals surface area contributed by atoms with E-state index in [0.29, 0.717) is 0 Å². The average molecular weight is 246 g/mol. The van der Waals surface area contributed by atoms with Crippen LogP contribution in [0.15, 0.2) is 0 Å². The molecule has 0 aromatic carbocycles. The van der Waals surface area contributed by atoms with Crippen LogP contribution in [0.1, 0.15) is 6.92 Å². The second kappa shape index (κ2) is 6.30. The normalized spacial score (nSPS) is 19.5. The first-order chi connectivity index (χ1) is 7.97. The molecule has 0 spiro atoms. The SMILES string of the molecule is COCC(O)CN(C)C(=O)COC1(C)CNC1. The van der Waals surface area contributed by atoms with Crippen LogP contribution >= 0.6 is 0 Å². The molecule has 1 saturated heterocycles. The van der Waals surface area contributed by atoms with E-state index in [-0.39, 0.29) is 31.3 Å². The number of likely N-dealkylation sites (N-methyl/N-ethyl adjacent to an activating group) is 1. The molecule has 1 aliphatic heterocycles. The molecule has 0 radical (unpaired) electrons. The van der Waals surface area contributed by atoms with E-state index >= 15 is 0 Å². The number of carbonyl (C=O) groups excluding carboxylic acids is 1. The predicted molar refractivity (Wildman–Crippen MR) is 62.7 cm³/mol. The lowest BCUT2D eigenvalue weighted by atomic mass is 10.0. The zero-order chi connectivity index (χ0) is 12.9. The second-order valence-electron chi connectivity index (χ2n) is 4.73. The topological polar surface area (TPSA) is 71.0 Å². The number of methoxy groups -OCH3 is 1. The molecule has 1 amide bonds. The van der Waals surface area contributed by atoms with Gasteiger partial charge in [0.25, 0.3) is 0 Å². The van der Waals surface area contributed by atoms with Crippen LogP contribution in [0.2, 0.25) is 0 Å². The number of nitrogens with zero attached hydrogens (tertiary/aromatic N) is 1. The predicted octanol–water partition coefficient (Wildman–Crippen LogP) is -1.17. The fraction of sp³-hybridized carbons (Fsp3) is 0.909. The third kappa shape index (κ3) is 4.59. The molecule has 1 aliphatic rings. The van der Waals surface area contributed by atoms with E-state index in [0.717, 1.165) is 13.1 Å². The van der Waals surface area contributed by atoms with Crippen molar-refractivity contribution in [3.63, 3.8) is 0 Å². The largest absolute Gasteiger partial charge is 0.389 e. The Labute approximate surface area is 102 Å². The third-order valence-electron chi connectivity index (χ3n) is 2.81. The minimum absolute atomic E-state index is 0.0500. The van der Waals surface area contributed by atoms with Crippen LogP contribution in [0, 0.1) is 0 Å². The summed E-state index contributed by atoms with van der Waals surface area (Å²) in [5.74, 6) is -0.131. The molecular formula is C11H22N2O4. The van der Waals surface area contributed by atoms with Gasteiger partial charge in [-0.2, -0.15) is 0 Å². The molecule has 1 fully saturated rings. The Kier molecular flexibility index (Phi) is 5.32. The molecule has 1 unspecified atom stereocenters. The Bertz CT molecular complexity index is 256. The summed E-state index contributed by atoms with van der Waals surface area (Å²) < 4.78 is 10.3. The van der Waals surface area contributed by atoms with E-state index in [9.17, 15) is 9.90 Å². The summed E-state index contributed by atoms with van der Waals surface area (Å²) in [6, 6.07) is 0. The Morgan fingerprint density at radius 1 is 1.59 bits per heavy atom. The van der Waals surface area contributed by atoms with Crippen LogP contribution in [0.25, 0.3) is 0 Å². The highest BCUT2D eigenvalue weighted by Crippen LogP contribution is 2.14. The summed E-state index contributed by atoms with van der Waals surface area (Å²) in [4.78, 5) is 13.2. The first-order valence-electron chi connectivity index (χ1n) is 5.72. The summed E-state index contributed by atoms with van der Waals surface area (Å²) in [7, 11) is 3.16. The molecule has 6 heteroatoms. The number of nitrogens with one attached hydrogen (secondary N) is 1. The van der Waals surface area contributed by atoms with Crippen molar-refractivity contribution in [1.82, 2.24) is 10.2 Å². The molecule has 0 aromatic rings. The molecular weight excluding hydrogens is 224 g/mol. The van der Waals surface area contributed by atoms with E-state index in [4.69, 9.17) is 9.47 Å². The van der Waals surface area contributed by atoms with Gasteiger partial charge in [-0.05, 0) is 6.92 Å². The summed E-state index contributed by atoms with van der Waals surface area (Å²) >= 11 is 0. The van der Waals surface area contributed by atoms with E-state index in [1.807, 2.05) is 6.92 Å². The van der Waals surface area contributed by atoms with Crippen molar-refractivity contribution in [2.24, 2.45) is 0 Å². The minimum atomic E-state index is -0.657. The van der Waals surface area contributed by atoms with E-state index < -0.39 is 6.10 Å². The van der Waals surface area contributed by atoms with Crippen molar-refractivity contribution >= 4 is 5.91 Å². The van der Waals surface area contributed by atoms with Crippen molar-refractivity contribution in [3.05, 3.63) is 0 Å². The number of aliphatic hydroxyl groups excluding tert-OH is 1. The minimum Gasteiger partial charge on any atom is -0.389 e. The Morgan fingerprint density at radius 3 is 2.71 bits per heavy atom. The number of rotatable bonds is 7. The molecule has 6 nitrogen and oxygen atoms in total. The molecule has 1 atom stereocenters. The van der Waals surface area contributed by atoms with Gasteiger partial charge < -0.3 is 24.8 Å². The lowest BCUT2D eigenvalue weighted by Gasteiger charge is -2.39. The maximum atomic E-state index is 11.7. The van der Waals surface area contributed by atoms with Gasteiger partial charge >= 0.3 is 0 Å². The number of ether oxygens (including phenoxy) is 2. The highest BCUT2D eigenvalue weighted by molar-refractivity contribution is 5.77. The first kappa shape index (κ1) is 14.4. The van der Waals surface area contributed by atoms with Crippen LogP contribution in [0.3, 0.4) is 0 Å². The standard InChI is InChI=1S/C11H22N2O4/c1-11(7-12-8-11)17-6-10(15)13(2)4-9(14)5-16-3/h9,12,14H,4-8H2,1-3H3. The van der Waals surface area contributed by atoms with Crippen LogP contribution in [-0.4, -0.2) is 74.6 Å².